The second-order valence-corrected chi connectivity index (χ2v) is 15.5. The van der Waals surface area contributed by atoms with E-state index in [0.717, 1.165) is 18.1 Å². The van der Waals surface area contributed by atoms with Gasteiger partial charge in [-0.25, -0.2) is 4.58 Å². The monoisotopic (exact) mass is 677 g/mol. The predicted octanol–water partition coefficient (Wildman–Crippen LogP) is 9.86. The minimum atomic E-state index is -10.7. The zero-order valence-electron chi connectivity index (χ0n) is 24.4. The second-order valence-electron chi connectivity index (χ2n) is 11.1. The van der Waals surface area contributed by atoms with Crippen molar-refractivity contribution in [2.24, 2.45) is 0 Å². The molecule has 2 aromatic rings. The number of hydrogen-bond acceptors (Lipinski definition) is 4. The molecule has 234 valence electrons. The van der Waals surface area contributed by atoms with Gasteiger partial charge in [-0.1, -0.05) is 12.2 Å². The molecule has 0 saturated heterocycles. The van der Waals surface area contributed by atoms with E-state index < -0.39 is 7.81 Å². The van der Waals surface area contributed by atoms with Gasteiger partial charge >= 0.3 is 33.0 Å². The molecule has 0 N–H and O–H groups in total. The summed E-state index contributed by atoms with van der Waals surface area (Å²) < 4.78 is 62.9. The fraction of sp³-hybridized carbons (Fsp3) is 0.400. The summed E-state index contributed by atoms with van der Waals surface area (Å²) in [5, 5.41) is 2.69. The van der Waals surface area contributed by atoms with Crippen molar-refractivity contribution < 1.29 is 25.2 Å². The number of halogens is 6. The third-order valence-electron chi connectivity index (χ3n) is 7.82. The number of aryl methyl sites for hydroxylation is 2. The summed E-state index contributed by atoms with van der Waals surface area (Å²) >= 11 is 9.76. The average Bonchev–Trinajstić information content (AvgIpc) is 3.41. The van der Waals surface area contributed by atoms with Crippen molar-refractivity contribution in [3.8, 4) is 20.9 Å². The number of nitrogens with zero attached hydrogens (tertiary/aromatic N) is 3. The molecule has 0 bridgehead atoms. The van der Waals surface area contributed by atoms with Gasteiger partial charge in [0.1, 0.15) is 19.1 Å². The molecular formula is C30H34F6N3PS3. The Balaban J connectivity index is 0.000000472. The van der Waals surface area contributed by atoms with Crippen LogP contribution in [0.25, 0.3) is 31.0 Å². The first-order valence-electron chi connectivity index (χ1n) is 14.2. The minimum absolute atomic E-state index is 0.945. The van der Waals surface area contributed by atoms with E-state index in [1.54, 1.807) is 16.8 Å². The van der Waals surface area contributed by atoms with Crippen molar-refractivity contribution in [1.29, 1.82) is 0 Å². The van der Waals surface area contributed by atoms with Gasteiger partial charge in [0.25, 0.3) is 0 Å². The second kappa shape index (κ2) is 11.0. The summed E-state index contributed by atoms with van der Waals surface area (Å²) in [7, 11) is -6.40. The van der Waals surface area contributed by atoms with Crippen LogP contribution in [0.4, 0.5) is 30.9 Å². The molecule has 0 spiro atoms. The van der Waals surface area contributed by atoms with E-state index >= 15 is 0 Å². The van der Waals surface area contributed by atoms with Gasteiger partial charge in [0.05, 0.1) is 4.88 Å². The van der Waals surface area contributed by atoms with Crippen molar-refractivity contribution in [2.45, 2.75) is 39.5 Å². The summed E-state index contributed by atoms with van der Waals surface area (Å²) in [5.41, 5.74) is 7.45. The van der Waals surface area contributed by atoms with Crippen LogP contribution in [0.2, 0.25) is 0 Å². The van der Waals surface area contributed by atoms with Crippen LogP contribution in [0.3, 0.4) is 0 Å². The Morgan fingerprint density at radius 2 is 1.56 bits per heavy atom. The number of hydrogen-bond donors (Lipinski definition) is 0. The van der Waals surface area contributed by atoms with E-state index in [1.807, 2.05) is 22.7 Å². The maximum atomic E-state index is 9.87. The van der Waals surface area contributed by atoms with Crippen molar-refractivity contribution in [3.63, 3.8) is 0 Å². The van der Waals surface area contributed by atoms with Gasteiger partial charge in [0.2, 0.25) is 5.36 Å². The zero-order chi connectivity index (χ0) is 31.4. The Bertz CT molecular complexity index is 1740. The normalized spacial score (nSPS) is 16.2. The van der Waals surface area contributed by atoms with Gasteiger partial charge < -0.3 is 9.80 Å². The number of thiophene rings is 1. The first kappa shape index (κ1) is 32.1. The molecule has 0 unspecified atom stereocenters. The van der Waals surface area contributed by atoms with E-state index in [-0.39, 0.29) is 0 Å². The average molecular weight is 678 g/mol. The molecule has 6 rings (SSSR count). The fourth-order valence-electron chi connectivity index (χ4n) is 5.99. The maximum absolute atomic E-state index is 10.7. The third kappa shape index (κ3) is 7.35. The Hall–Kier alpha value is -2.27. The van der Waals surface area contributed by atoms with Crippen molar-refractivity contribution >= 4 is 63.5 Å². The van der Waals surface area contributed by atoms with Gasteiger partial charge in [0, 0.05) is 75.0 Å². The number of fused-ring (bicyclic) bond motifs is 3. The van der Waals surface area contributed by atoms with Gasteiger partial charge in [-0.15, -0.1) is 22.7 Å². The number of rotatable bonds is 4. The van der Waals surface area contributed by atoms with E-state index in [9.17, 15) is 25.2 Å². The van der Waals surface area contributed by atoms with Crippen LogP contribution in [-0.2, 0) is 12.8 Å². The molecule has 43 heavy (non-hydrogen) atoms. The first-order chi connectivity index (χ1) is 19.9. The predicted molar refractivity (Wildman–Crippen MR) is 176 cm³/mol. The van der Waals surface area contributed by atoms with Crippen LogP contribution < -0.4 is 14.8 Å². The SMILES string of the molecule is CCN(CC)C(=S)c1ccc(-c2c3ccc(=[N+](C)C)cc-3sc3c4c5c(cc23)CCCN5CCC4)s1.F[P-](F)(F)(F)(F)F. The molecule has 1 aromatic carbocycles. The molecule has 0 fully saturated rings. The van der Waals surface area contributed by atoms with E-state index in [0.29, 0.717) is 0 Å². The standard InChI is InChI=1S/C30H34N3S3.F6P/c1-5-32(6-2)30(34)25-14-13-24(35-25)27-21-12-11-20(31(3)4)18-26(21)36-29-22-10-8-16-33-15-7-9-19(28(22)33)17-23(27)29;1-7(2,3,4,5)6/h11-14,17-18H,5-10,15-16H2,1-4H3;/q+1;-1. The Kier molecular flexibility index (Phi) is 8.19. The van der Waals surface area contributed by atoms with Crippen LogP contribution in [-0.4, -0.2) is 50.2 Å². The quantitative estimate of drug-likeness (QED) is 0.0700. The number of thiocarbonyl (C=S) groups is 1. The number of anilines is 1. The van der Waals surface area contributed by atoms with Crippen LogP contribution in [0.15, 0.2) is 36.4 Å². The molecular weight excluding hydrogens is 644 g/mol. The fourth-order valence-corrected chi connectivity index (χ4v) is 8.76. The summed E-state index contributed by atoms with van der Waals surface area (Å²) in [6, 6.07) is 14.1. The molecule has 3 nitrogen and oxygen atoms in total. The molecule has 0 amide bonds. The summed E-state index contributed by atoms with van der Waals surface area (Å²) in [6.45, 7) is 8.67. The Morgan fingerprint density at radius 1 is 0.907 bits per heavy atom. The van der Waals surface area contributed by atoms with Crippen LogP contribution >= 0.6 is 42.7 Å². The molecule has 13 heteroatoms. The van der Waals surface area contributed by atoms with Crippen LogP contribution in [0.1, 0.15) is 42.7 Å². The van der Waals surface area contributed by atoms with Crippen molar-refractivity contribution in [3.05, 3.63) is 57.8 Å². The van der Waals surface area contributed by atoms with E-state index in [4.69, 9.17) is 12.2 Å². The van der Waals surface area contributed by atoms with Gasteiger partial charge in [-0.3, -0.25) is 0 Å². The molecule has 1 aromatic heterocycles. The van der Waals surface area contributed by atoms with Crippen LogP contribution in [0, 0.1) is 0 Å². The molecule has 0 radical (unpaired) electrons. The van der Waals surface area contributed by atoms with Gasteiger partial charge in [-0.2, -0.15) is 0 Å². The third-order valence-corrected chi connectivity index (χ3v) is 10.8. The number of benzene rings is 2. The summed E-state index contributed by atoms with van der Waals surface area (Å²) in [5.74, 6) is 0. The van der Waals surface area contributed by atoms with E-state index in [1.165, 1.54) is 80.0 Å². The van der Waals surface area contributed by atoms with E-state index in [2.05, 4.69) is 78.7 Å². The molecule has 3 aliphatic heterocycles. The first-order valence-corrected chi connectivity index (χ1v) is 18.3. The van der Waals surface area contributed by atoms with Crippen LogP contribution in [0.5, 0.6) is 0 Å². The van der Waals surface area contributed by atoms with Gasteiger partial charge in [-0.05, 0) is 74.9 Å². The Morgan fingerprint density at radius 3 is 2.19 bits per heavy atom. The Labute approximate surface area is 260 Å². The molecule has 1 aliphatic carbocycles. The molecule has 0 atom stereocenters. The molecule has 4 heterocycles. The topological polar surface area (TPSA) is 9.49 Å². The summed E-state index contributed by atoms with van der Waals surface area (Å²) in [6.07, 6.45) is 4.90. The molecule has 0 saturated carbocycles. The molecule has 4 aliphatic rings. The van der Waals surface area contributed by atoms with Crippen molar-refractivity contribution in [1.82, 2.24) is 9.48 Å². The summed E-state index contributed by atoms with van der Waals surface area (Å²) in [4.78, 5) is 9.82. The van der Waals surface area contributed by atoms with Crippen molar-refractivity contribution in [2.75, 3.05) is 45.2 Å². The van der Waals surface area contributed by atoms with Gasteiger partial charge in [0.15, 0.2) is 0 Å². The zero-order valence-corrected chi connectivity index (χ0v) is 27.7.